The Morgan fingerprint density at radius 2 is 2.15 bits per heavy atom. The largest absolute Gasteiger partial charge is 0.465 e. The molecule has 0 radical (unpaired) electrons. The molecule has 0 aromatic heterocycles. The Hall–Kier alpha value is -0.610. The second-order valence-electron chi connectivity index (χ2n) is 4.01. The van der Waals surface area contributed by atoms with Crippen molar-refractivity contribution >= 4 is 5.97 Å². The van der Waals surface area contributed by atoms with Gasteiger partial charge in [0.05, 0.1) is 25.7 Å². The third kappa shape index (κ3) is 1.84. The van der Waals surface area contributed by atoms with Crippen molar-refractivity contribution in [1.29, 1.82) is 0 Å². The molecule has 0 amide bonds. The summed E-state index contributed by atoms with van der Waals surface area (Å²) in [5.74, 6) is -0.455. The van der Waals surface area contributed by atoms with E-state index in [0.29, 0.717) is 19.6 Å². The molecule has 0 N–H and O–H groups in total. The molecule has 4 nitrogen and oxygen atoms in total. The first-order valence-electron chi connectivity index (χ1n) is 4.54. The summed E-state index contributed by atoms with van der Waals surface area (Å²) in [5, 5.41) is 0. The van der Waals surface area contributed by atoms with E-state index in [1.165, 1.54) is 0 Å². The van der Waals surface area contributed by atoms with Crippen molar-refractivity contribution in [1.82, 2.24) is 0 Å². The Labute approximate surface area is 77.1 Å². The van der Waals surface area contributed by atoms with Crippen LogP contribution in [0.15, 0.2) is 0 Å². The van der Waals surface area contributed by atoms with Crippen LogP contribution in [0.4, 0.5) is 0 Å². The molecule has 4 heteroatoms. The average Bonchev–Trinajstić information content (AvgIpc) is 2.56. The summed E-state index contributed by atoms with van der Waals surface area (Å²) in [5.41, 5.74) is 0. The van der Waals surface area contributed by atoms with E-state index in [1.54, 1.807) is 0 Å². The first-order chi connectivity index (χ1) is 6.07. The van der Waals surface area contributed by atoms with Gasteiger partial charge in [-0.05, 0) is 13.8 Å². The first kappa shape index (κ1) is 8.97. The monoisotopic (exact) mass is 186 g/mol. The van der Waals surface area contributed by atoms with Crippen molar-refractivity contribution in [3.8, 4) is 0 Å². The third-order valence-corrected chi connectivity index (χ3v) is 2.44. The van der Waals surface area contributed by atoms with Gasteiger partial charge in [-0.1, -0.05) is 0 Å². The predicted octanol–water partition coefficient (Wildman–Crippen LogP) is 0.701. The van der Waals surface area contributed by atoms with Gasteiger partial charge in [0.1, 0.15) is 0 Å². The third-order valence-electron chi connectivity index (χ3n) is 2.44. The molecular weight excluding hydrogens is 172 g/mol. The van der Waals surface area contributed by atoms with Crippen molar-refractivity contribution in [2.24, 2.45) is 5.92 Å². The fourth-order valence-electron chi connectivity index (χ4n) is 1.72. The highest BCUT2D eigenvalue weighted by molar-refractivity contribution is 5.71. The van der Waals surface area contributed by atoms with Crippen molar-refractivity contribution in [2.45, 2.75) is 32.2 Å². The van der Waals surface area contributed by atoms with Crippen LogP contribution in [0, 0.1) is 5.92 Å². The van der Waals surface area contributed by atoms with Crippen LogP contribution >= 0.6 is 0 Å². The summed E-state index contributed by atoms with van der Waals surface area (Å²) < 4.78 is 15.9. The minimum Gasteiger partial charge on any atom is -0.465 e. The number of rotatable bonds is 1. The van der Waals surface area contributed by atoms with Gasteiger partial charge < -0.3 is 14.2 Å². The quantitative estimate of drug-likeness (QED) is 0.565. The summed E-state index contributed by atoms with van der Waals surface area (Å²) in [6, 6.07) is 0. The van der Waals surface area contributed by atoms with Gasteiger partial charge in [0.2, 0.25) is 0 Å². The molecule has 2 rings (SSSR count). The molecule has 2 heterocycles. The number of cyclic esters (lactones) is 1. The van der Waals surface area contributed by atoms with Gasteiger partial charge in [-0.2, -0.15) is 0 Å². The molecule has 2 fully saturated rings. The van der Waals surface area contributed by atoms with Crippen LogP contribution in [0.3, 0.4) is 0 Å². The van der Waals surface area contributed by atoms with Gasteiger partial charge in [-0.3, -0.25) is 4.79 Å². The van der Waals surface area contributed by atoms with Crippen LogP contribution in [0.1, 0.15) is 20.3 Å². The molecule has 2 aliphatic heterocycles. The molecule has 2 saturated heterocycles. The van der Waals surface area contributed by atoms with Crippen LogP contribution in [-0.2, 0) is 19.0 Å². The Morgan fingerprint density at radius 1 is 1.38 bits per heavy atom. The molecule has 2 aliphatic rings. The first-order valence-corrected chi connectivity index (χ1v) is 4.54. The number of esters is 1. The van der Waals surface area contributed by atoms with Crippen molar-refractivity contribution in [3.05, 3.63) is 0 Å². The van der Waals surface area contributed by atoms with Crippen LogP contribution in [0.2, 0.25) is 0 Å². The van der Waals surface area contributed by atoms with Crippen molar-refractivity contribution < 1.29 is 19.0 Å². The molecule has 0 unspecified atom stereocenters. The van der Waals surface area contributed by atoms with Gasteiger partial charge in [-0.15, -0.1) is 0 Å². The summed E-state index contributed by atoms with van der Waals surface area (Å²) >= 11 is 0. The number of ether oxygens (including phenoxy) is 3. The average molecular weight is 186 g/mol. The molecule has 0 aromatic rings. The second kappa shape index (κ2) is 2.96. The highest BCUT2D eigenvalue weighted by Crippen LogP contribution is 2.30. The minimum atomic E-state index is -0.504. The molecule has 0 aliphatic carbocycles. The van der Waals surface area contributed by atoms with Crippen molar-refractivity contribution in [2.75, 3.05) is 13.2 Å². The van der Waals surface area contributed by atoms with Crippen LogP contribution in [0.25, 0.3) is 0 Å². The standard InChI is InChI=1S/C9H14O4/c1-9(2)12-5-7(13-9)6-3-8(10)11-4-6/h6-7H,3-5H2,1-2H3/t6-,7-/m0/s1. The molecule has 2 atom stereocenters. The molecule has 0 bridgehead atoms. The lowest BCUT2D eigenvalue weighted by Gasteiger charge is -2.18. The van der Waals surface area contributed by atoms with E-state index in [4.69, 9.17) is 14.2 Å². The maximum atomic E-state index is 10.9. The van der Waals surface area contributed by atoms with E-state index < -0.39 is 5.79 Å². The van der Waals surface area contributed by atoms with E-state index in [9.17, 15) is 4.79 Å². The Kier molecular flexibility index (Phi) is 2.04. The molecule has 13 heavy (non-hydrogen) atoms. The fourth-order valence-corrected chi connectivity index (χ4v) is 1.72. The Bertz CT molecular complexity index is 224. The van der Waals surface area contributed by atoms with Gasteiger partial charge >= 0.3 is 5.97 Å². The minimum absolute atomic E-state index is 0.0152. The number of hydrogen-bond acceptors (Lipinski definition) is 4. The van der Waals surface area contributed by atoms with E-state index in [0.717, 1.165) is 0 Å². The lowest BCUT2D eigenvalue weighted by atomic mass is 10.0. The van der Waals surface area contributed by atoms with Crippen LogP contribution in [-0.4, -0.2) is 31.1 Å². The lowest BCUT2D eigenvalue weighted by molar-refractivity contribution is -0.144. The second-order valence-corrected chi connectivity index (χ2v) is 4.01. The topological polar surface area (TPSA) is 44.8 Å². The zero-order chi connectivity index (χ0) is 9.47. The molecule has 0 spiro atoms. The number of hydrogen-bond donors (Lipinski definition) is 0. The lowest BCUT2D eigenvalue weighted by Crippen LogP contribution is -2.26. The summed E-state index contributed by atoms with van der Waals surface area (Å²) in [6.45, 7) is 4.80. The maximum absolute atomic E-state index is 10.9. The molecular formula is C9H14O4. The Morgan fingerprint density at radius 3 is 2.62 bits per heavy atom. The summed E-state index contributed by atoms with van der Waals surface area (Å²) in [7, 11) is 0. The SMILES string of the molecule is CC1(C)OC[C@@H]([C@@H]2COC(=O)C2)O1. The molecule has 0 saturated carbocycles. The highest BCUT2D eigenvalue weighted by Gasteiger charge is 2.40. The van der Waals surface area contributed by atoms with Crippen LogP contribution in [0.5, 0.6) is 0 Å². The maximum Gasteiger partial charge on any atom is 0.306 e. The number of carbonyl (C=O) groups is 1. The highest BCUT2D eigenvalue weighted by atomic mass is 16.7. The van der Waals surface area contributed by atoms with E-state index >= 15 is 0 Å². The van der Waals surface area contributed by atoms with Crippen LogP contribution < -0.4 is 0 Å². The smallest absolute Gasteiger partial charge is 0.306 e. The van der Waals surface area contributed by atoms with Crippen molar-refractivity contribution in [3.63, 3.8) is 0 Å². The van der Waals surface area contributed by atoms with Gasteiger partial charge in [-0.25, -0.2) is 0 Å². The molecule has 0 aromatic carbocycles. The zero-order valence-corrected chi connectivity index (χ0v) is 7.91. The van der Waals surface area contributed by atoms with Gasteiger partial charge in [0, 0.05) is 5.92 Å². The van der Waals surface area contributed by atoms with E-state index in [1.807, 2.05) is 13.8 Å². The predicted molar refractivity (Wildman–Crippen MR) is 44.0 cm³/mol. The van der Waals surface area contributed by atoms with E-state index in [-0.39, 0.29) is 18.0 Å². The van der Waals surface area contributed by atoms with Gasteiger partial charge in [0.25, 0.3) is 0 Å². The normalized spacial score (nSPS) is 37.8. The number of carbonyl (C=O) groups excluding carboxylic acids is 1. The zero-order valence-electron chi connectivity index (χ0n) is 7.91. The summed E-state index contributed by atoms with van der Waals surface area (Å²) in [4.78, 5) is 10.9. The van der Waals surface area contributed by atoms with Gasteiger partial charge in [0.15, 0.2) is 5.79 Å². The Balaban J connectivity index is 1.93. The van der Waals surface area contributed by atoms with E-state index in [2.05, 4.69) is 0 Å². The molecule has 74 valence electrons. The fraction of sp³-hybridized carbons (Fsp3) is 0.889. The summed E-state index contributed by atoms with van der Waals surface area (Å²) in [6.07, 6.45) is 0.478.